The van der Waals surface area contributed by atoms with Gasteiger partial charge in [0.25, 0.3) is 0 Å². The molecule has 1 aromatic carbocycles. The summed E-state index contributed by atoms with van der Waals surface area (Å²) in [6, 6.07) is 6.98. The van der Waals surface area contributed by atoms with Crippen LogP contribution < -0.4 is 4.90 Å². The summed E-state index contributed by atoms with van der Waals surface area (Å²) in [5.74, 6) is -1.89. The molecule has 3 rings (SSSR count). The Morgan fingerprint density at radius 1 is 1.19 bits per heavy atom. The standard InChI is InChI=1S/C19H23ClN2O4/c20-13-4-3-6-15(12-13)22-11-9-16(19(22)26)18(25)21-10-2-1-5-14(21)7-8-17(23)24/h3-4,6,12,14,16H,1-2,5,7-11H2,(H,23,24). The molecular formula is C19H23ClN2O4. The van der Waals surface area contributed by atoms with Crippen LogP contribution in [0, 0.1) is 5.92 Å². The lowest BCUT2D eigenvalue weighted by Gasteiger charge is -2.37. The number of piperidine rings is 1. The fourth-order valence-electron chi connectivity index (χ4n) is 3.89. The van der Waals surface area contributed by atoms with Gasteiger partial charge in [-0.25, -0.2) is 0 Å². The topological polar surface area (TPSA) is 77.9 Å². The molecule has 1 aromatic rings. The summed E-state index contributed by atoms with van der Waals surface area (Å²) >= 11 is 6.01. The number of likely N-dealkylation sites (tertiary alicyclic amines) is 1. The molecule has 0 radical (unpaired) electrons. The largest absolute Gasteiger partial charge is 0.481 e. The van der Waals surface area contributed by atoms with E-state index in [1.165, 1.54) is 0 Å². The first-order chi connectivity index (χ1) is 12.5. The number of nitrogens with zero attached hydrogens (tertiary/aromatic N) is 2. The highest BCUT2D eigenvalue weighted by Crippen LogP contribution is 2.30. The molecule has 0 bridgehead atoms. The van der Waals surface area contributed by atoms with E-state index < -0.39 is 11.9 Å². The Morgan fingerprint density at radius 2 is 2.00 bits per heavy atom. The number of carbonyl (C=O) groups is 3. The zero-order valence-corrected chi connectivity index (χ0v) is 15.3. The summed E-state index contributed by atoms with van der Waals surface area (Å²) in [4.78, 5) is 40.1. The number of hydrogen-bond donors (Lipinski definition) is 1. The fraction of sp³-hybridized carbons (Fsp3) is 0.526. The minimum atomic E-state index is -0.855. The van der Waals surface area contributed by atoms with Gasteiger partial charge in [-0.15, -0.1) is 0 Å². The summed E-state index contributed by atoms with van der Waals surface area (Å²) < 4.78 is 0. The molecule has 140 valence electrons. The Morgan fingerprint density at radius 3 is 2.73 bits per heavy atom. The second kappa shape index (κ2) is 8.08. The molecule has 2 heterocycles. The average Bonchev–Trinajstić information content (AvgIpc) is 3.01. The van der Waals surface area contributed by atoms with Gasteiger partial charge in [0.1, 0.15) is 5.92 Å². The third-order valence-corrected chi connectivity index (χ3v) is 5.46. The van der Waals surface area contributed by atoms with Gasteiger partial charge in [-0.05, 0) is 50.3 Å². The van der Waals surface area contributed by atoms with Crippen molar-refractivity contribution in [1.82, 2.24) is 4.90 Å². The van der Waals surface area contributed by atoms with Crippen LogP contribution in [-0.4, -0.2) is 46.9 Å². The molecular weight excluding hydrogens is 356 g/mol. The van der Waals surface area contributed by atoms with Gasteiger partial charge in [-0.1, -0.05) is 17.7 Å². The summed E-state index contributed by atoms with van der Waals surface area (Å²) in [6.45, 7) is 1.09. The number of aliphatic carboxylic acids is 1. The van der Waals surface area contributed by atoms with Crippen molar-refractivity contribution in [3.63, 3.8) is 0 Å². The Hall–Kier alpha value is -2.08. The van der Waals surface area contributed by atoms with Crippen LogP contribution in [0.3, 0.4) is 0 Å². The maximum absolute atomic E-state index is 13.0. The van der Waals surface area contributed by atoms with E-state index in [1.807, 2.05) is 6.07 Å². The van der Waals surface area contributed by atoms with Crippen molar-refractivity contribution >= 4 is 35.1 Å². The molecule has 0 aromatic heterocycles. The molecule has 2 atom stereocenters. The quantitative estimate of drug-likeness (QED) is 0.799. The Labute approximate surface area is 157 Å². The van der Waals surface area contributed by atoms with Gasteiger partial charge in [0.2, 0.25) is 11.8 Å². The second-order valence-electron chi connectivity index (χ2n) is 6.92. The van der Waals surface area contributed by atoms with Crippen molar-refractivity contribution in [2.24, 2.45) is 5.92 Å². The molecule has 2 aliphatic rings. The fourth-order valence-corrected chi connectivity index (χ4v) is 4.08. The van der Waals surface area contributed by atoms with Crippen molar-refractivity contribution in [3.05, 3.63) is 29.3 Å². The molecule has 7 heteroatoms. The third-order valence-electron chi connectivity index (χ3n) is 5.23. The lowest BCUT2D eigenvalue weighted by atomic mass is 9.95. The van der Waals surface area contributed by atoms with Crippen LogP contribution in [0.15, 0.2) is 24.3 Å². The van der Waals surface area contributed by atoms with Gasteiger partial charge in [0.15, 0.2) is 0 Å². The highest BCUT2D eigenvalue weighted by molar-refractivity contribution is 6.31. The van der Waals surface area contributed by atoms with Crippen LogP contribution >= 0.6 is 11.6 Å². The van der Waals surface area contributed by atoms with Crippen LogP contribution in [0.5, 0.6) is 0 Å². The maximum Gasteiger partial charge on any atom is 0.303 e. The van der Waals surface area contributed by atoms with E-state index in [1.54, 1.807) is 28.0 Å². The van der Waals surface area contributed by atoms with Crippen LogP contribution in [0.4, 0.5) is 5.69 Å². The first-order valence-electron chi connectivity index (χ1n) is 9.06. The molecule has 2 saturated heterocycles. The van der Waals surface area contributed by atoms with Gasteiger partial charge >= 0.3 is 5.97 Å². The zero-order valence-electron chi connectivity index (χ0n) is 14.6. The van der Waals surface area contributed by atoms with E-state index in [2.05, 4.69) is 0 Å². The molecule has 6 nitrogen and oxygen atoms in total. The van der Waals surface area contributed by atoms with E-state index in [0.717, 1.165) is 19.3 Å². The van der Waals surface area contributed by atoms with E-state index in [-0.39, 0.29) is 24.3 Å². The van der Waals surface area contributed by atoms with Crippen molar-refractivity contribution in [2.45, 2.75) is 44.6 Å². The Balaban J connectivity index is 1.70. The lowest BCUT2D eigenvalue weighted by molar-refractivity contribution is -0.145. The van der Waals surface area contributed by atoms with Crippen molar-refractivity contribution in [3.8, 4) is 0 Å². The monoisotopic (exact) mass is 378 g/mol. The number of amides is 2. The van der Waals surface area contributed by atoms with Gasteiger partial charge < -0.3 is 14.9 Å². The average molecular weight is 379 g/mol. The van der Waals surface area contributed by atoms with E-state index in [9.17, 15) is 14.4 Å². The first-order valence-corrected chi connectivity index (χ1v) is 9.44. The molecule has 2 aliphatic heterocycles. The highest BCUT2D eigenvalue weighted by atomic mass is 35.5. The number of halogens is 1. The number of carbonyl (C=O) groups excluding carboxylic acids is 2. The maximum atomic E-state index is 13.0. The molecule has 2 fully saturated rings. The van der Waals surface area contributed by atoms with Crippen molar-refractivity contribution in [1.29, 1.82) is 0 Å². The minimum Gasteiger partial charge on any atom is -0.481 e. The van der Waals surface area contributed by atoms with Crippen LogP contribution in [0.1, 0.15) is 38.5 Å². The predicted octanol–water partition coefficient (Wildman–Crippen LogP) is 2.94. The van der Waals surface area contributed by atoms with E-state index in [0.29, 0.717) is 36.6 Å². The second-order valence-corrected chi connectivity index (χ2v) is 7.36. The summed E-state index contributed by atoms with van der Waals surface area (Å²) in [7, 11) is 0. The number of rotatable bonds is 5. The number of benzene rings is 1. The Bertz CT molecular complexity index is 709. The number of anilines is 1. The summed E-state index contributed by atoms with van der Waals surface area (Å²) in [6.07, 6.45) is 3.65. The van der Waals surface area contributed by atoms with Crippen LogP contribution in [0.2, 0.25) is 5.02 Å². The normalized spacial score (nSPS) is 23.3. The summed E-state index contributed by atoms with van der Waals surface area (Å²) in [5, 5.41) is 9.48. The number of hydrogen-bond acceptors (Lipinski definition) is 3. The molecule has 0 saturated carbocycles. The zero-order chi connectivity index (χ0) is 18.7. The number of carboxylic acid groups (broad SMARTS) is 1. The van der Waals surface area contributed by atoms with Crippen molar-refractivity contribution in [2.75, 3.05) is 18.0 Å². The van der Waals surface area contributed by atoms with E-state index in [4.69, 9.17) is 16.7 Å². The van der Waals surface area contributed by atoms with Gasteiger partial charge in [-0.2, -0.15) is 0 Å². The third kappa shape index (κ3) is 4.01. The van der Waals surface area contributed by atoms with E-state index >= 15 is 0 Å². The molecule has 26 heavy (non-hydrogen) atoms. The smallest absolute Gasteiger partial charge is 0.303 e. The highest BCUT2D eigenvalue weighted by Gasteiger charge is 2.41. The minimum absolute atomic E-state index is 0.0434. The molecule has 0 aliphatic carbocycles. The van der Waals surface area contributed by atoms with Gasteiger partial charge in [0, 0.05) is 36.3 Å². The lowest BCUT2D eigenvalue weighted by Crippen LogP contribution is -2.48. The molecule has 2 amide bonds. The molecule has 0 spiro atoms. The summed E-state index contributed by atoms with van der Waals surface area (Å²) in [5.41, 5.74) is 0.707. The first kappa shape index (κ1) is 18.7. The van der Waals surface area contributed by atoms with Gasteiger partial charge in [-0.3, -0.25) is 14.4 Å². The van der Waals surface area contributed by atoms with Crippen LogP contribution in [0.25, 0.3) is 0 Å². The predicted molar refractivity (Wildman–Crippen MR) is 98.1 cm³/mol. The SMILES string of the molecule is O=C(O)CCC1CCCCN1C(=O)C1CCN(c2cccc(Cl)c2)C1=O. The molecule has 1 N–H and O–H groups in total. The Kier molecular flexibility index (Phi) is 5.81. The van der Waals surface area contributed by atoms with Gasteiger partial charge in [0.05, 0.1) is 0 Å². The van der Waals surface area contributed by atoms with Crippen molar-refractivity contribution < 1.29 is 19.5 Å². The number of carboxylic acids is 1. The molecule has 2 unspecified atom stereocenters. The van der Waals surface area contributed by atoms with Crippen LogP contribution in [-0.2, 0) is 14.4 Å².